The van der Waals surface area contributed by atoms with Gasteiger partial charge in [-0.25, -0.2) is 5.26 Å². The number of hydrogen-bond donors (Lipinski definition) is 2. The molecule has 0 aliphatic carbocycles. The van der Waals surface area contributed by atoms with Crippen molar-refractivity contribution in [3.63, 3.8) is 0 Å². The molecule has 0 aromatic carbocycles. The first-order valence-corrected chi connectivity index (χ1v) is 0.418. The summed E-state index contributed by atoms with van der Waals surface area (Å²) >= 11 is 0. The first-order chi connectivity index (χ1) is 1.41. The molecule has 0 spiro atoms. The average molecular weight is 76.0 g/mol. The maximum Gasteiger partial charge on any atom is 3.00 e. The maximum atomic E-state index is 6.85. The van der Waals surface area contributed by atoms with E-state index in [1.165, 1.54) is 0 Å². The third-order valence-electron chi connectivity index (χ3n) is 0. The van der Waals surface area contributed by atoms with Crippen LogP contribution in [0.2, 0.25) is 0 Å². The van der Waals surface area contributed by atoms with Crippen LogP contribution in [0.1, 0.15) is 0 Å². The summed E-state index contributed by atoms with van der Waals surface area (Å²) in [7, 11) is 0. The largest absolute Gasteiger partial charge is 3.00 e. The van der Waals surface area contributed by atoms with Crippen molar-refractivity contribution < 1.29 is 10.2 Å². The van der Waals surface area contributed by atoms with Crippen molar-refractivity contribution in [3.8, 4) is 0 Å². The van der Waals surface area contributed by atoms with Crippen LogP contribution in [0.25, 0.3) is 0 Å². The second kappa shape index (κ2) is 9.95. The molecule has 0 aliphatic rings. The summed E-state index contributed by atoms with van der Waals surface area (Å²) in [5.74, 6) is 3.90. The van der Waals surface area contributed by atoms with Gasteiger partial charge in [0.1, 0.15) is 0 Å². The quantitative estimate of drug-likeness (QED) is 0.220. The van der Waals surface area contributed by atoms with Crippen LogP contribution in [0.3, 0.4) is 0 Å². The summed E-state index contributed by atoms with van der Waals surface area (Å²) < 4.78 is 0. The fourth-order valence-electron chi connectivity index (χ4n) is 0. The predicted molar refractivity (Wildman–Crippen MR) is 13.7 cm³/mol. The fraction of sp³-hybridized carbons (Fsp3) is 0. The van der Waals surface area contributed by atoms with Crippen molar-refractivity contribution in [2.24, 2.45) is 5.90 Å². The molecule has 0 heterocycles. The first-order valence-electron chi connectivity index (χ1n) is 0.418. The molecule has 0 aliphatic heterocycles. The van der Waals surface area contributed by atoms with Gasteiger partial charge in [0.15, 0.2) is 0 Å². The smallest absolute Gasteiger partial charge is 0.233 e. The average Bonchev–Trinajstić information content (AvgIpc) is 0.918. The van der Waals surface area contributed by atoms with Gasteiger partial charge in [0.05, 0.1) is 0 Å². The molecule has 0 saturated heterocycles. The van der Waals surface area contributed by atoms with Gasteiger partial charge in [-0.2, -0.15) is 5.90 Å². The Bertz CT molecular complexity index is 6.00. The summed E-state index contributed by atoms with van der Waals surface area (Å²) in [5, 5.41) is 6.85. The minimum Gasteiger partial charge on any atom is -0.233 e. The van der Waals surface area contributed by atoms with E-state index in [0.29, 0.717) is 0 Å². The van der Waals surface area contributed by atoms with Gasteiger partial charge in [-0.15, -0.1) is 4.99 Å². The van der Waals surface area contributed by atoms with Crippen LogP contribution in [-0.2, 0) is 4.99 Å². The third-order valence-corrected chi connectivity index (χ3v) is 0. The topological polar surface area (TPSA) is 55.5 Å². The molecule has 3 nitrogen and oxygen atoms in total. The van der Waals surface area contributed by atoms with Crippen molar-refractivity contribution in [2.75, 3.05) is 0 Å². The Morgan fingerprint density at radius 1 is 1.75 bits per heavy atom. The zero-order valence-corrected chi connectivity index (χ0v) is 3.16. The van der Waals surface area contributed by atoms with E-state index >= 15 is 0 Å². The van der Waals surface area contributed by atoms with Gasteiger partial charge in [-0.05, 0) is 0 Å². The summed E-state index contributed by atoms with van der Waals surface area (Å²) in [4.78, 5) is 2.75. The predicted octanol–water partition coefficient (Wildman–Crippen LogP) is -1.03. The van der Waals surface area contributed by atoms with E-state index in [1.54, 1.807) is 0 Å². The maximum absolute atomic E-state index is 6.85. The van der Waals surface area contributed by atoms with Crippen LogP contribution in [-0.4, -0.2) is 22.6 Å². The Morgan fingerprint density at radius 3 is 1.75 bits per heavy atom. The van der Waals surface area contributed by atoms with Crippen LogP contribution < -0.4 is 5.90 Å². The van der Waals surface area contributed by atoms with E-state index < -0.39 is 0 Å². The van der Waals surface area contributed by atoms with E-state index in [9.17, 15) is 0 Å². The van der Waals surface area contributed by atoms with E-state index in [4.69, 9.17) is 5.26 Å². The summed E-state index contributed by atoms with van der Waals surface area (Å²) in [6.45, 7) is 0. The Morgan fingerprint density at radius 2 is 1.75 bits per heavy atom. The number of nitrogens with two attached hydrogens (primary N) is 1. The molecule has 0 aromatic heterocycles. The molecule has 0 amide bonds. The van der Waals surface area contributed by atoms with Crippen LogP contribution in [0.15, 0.2) is 0 Å². The van der Waals surface area contributed by atoms with Crippen molar-refractivity contribution >= 4 is 17.4 Å². The van der Waals surface area contributed by atoms with E-state index in [-0.39, 0.29) is 17.4 Å². The second-order valence-corrected chi connectivity index (χ2v) is 0.105. The van der Waals surface area contributed by atoms with Gasteiger partial charge >= 0.3 is 17.4 Å². The Hall–Kier alpha value is 0.412. The molecule has 0 radical (unpaired) electrons. The number of rotatable bonds is 0. The van der Waals surface area contributed by atoms with E-state index in [2.05, 4.69) is 10.9 Å². The molecule has 0 aromatic rings. The van der Waals surface area contributed by atoms with E-state index in [0.717, 1.165) is 0 Å². The van der Waals surface area contributed by atoms with Crippen LogP contribution >= 0.6 is 0 Å². The minimum absolute atomic E-state index is 0. The molecule has 0 unspecified atom stereocenters. The van der Waals surface area contributed by atoms with Crippen molar-refractivity contribution in [1.82, 2.24) is 0 Å². The normalized spacial score (nSPS) is 4.50. The van der Waals surface area contributed by atoms with Crippen LogP contribution in [0.4, 0.5) is 0 Å². The zero-order valence-electron chi connectivity index (χ0n) is 2.01. The molecule has 20 valence electrons. The Labute approximate surface area is 34.4 Å². The minimum atomic E-state index is 0. The Kier molecular flexibility index (Phi) is 22.0. The van der Waals surface area contributed by atoms with Crippen molar-refractivity contribution in [1.29, 1.82) is 0 Å². The second-order valence-electron chi connectivity index (χ2n) is 0.105. The SMILES string of the molecule is NOO.[Al+3]. The third kappa shape index (κ3) is 28.3. The molecule has 4 heteroatoms. The Balaban J connectivity index is 0. The van der Waals surface area contributed by atoms with Crippen LogP contribution in [0, 0.1) is 0 Å². The fourth-order valence-corrected chi connectivity index (χ4v) is 0. The summed E-state index contributed by atoms with van der Waals surface area (Å²) in [6.07, 6.45) is 0. The molecular formula is H3AlNO2+3. The van der Waals surface area contributed by atoms with Crippen molar-refractivity contribution in [2.45, 2.75) is 0 Å². The molecule has 0 saturated carbocycles. The molecule has 3 N–H and O–H groups in total. The van der Waals surface area contributed by atoms with Gasteiger partial charge in [0, 0.05) is 0 Å². The van der Waals surface area contributed by atoms with Crippen molar-refractivity contribution in [3.05, 3.63) is 0 Å². The van der Waals surface area contributed by atoms with Gasteiger partial charge < -0.3 is 0 Å². The van der Waals surface area contributed by atoms with Gasteiger partial charge in [0.25, 0.3) is 0 Å². The summed E-state index contributed by atoms with van der Waals surface area (Å²) in [5.41, 5.74) is 0. The van der Waals surface area contributed by atoms with Gasteiger partial charge in [-0.3, -0.25) is 0 Å². The molecule has 4 heavy (non-hydrogen) atoms. The summed E-state index contributed by atoms with van der Waals surface area (Å²) in [6, 6.07) is 0. The van der Waals surface area contributed by atoms with Gasteiger partial charge in [0.2, 0.25) is 0 Å². The molecule has 0 bridgehead atoms. The van der Waals surface area contributed by atoms with Gasteiger partial charge in [-0.1, -0.05) is 0 Å². The number of hydrogen-bond acceptors (Lipinski definition) is 3. The molecule has 0 fully saturated rings. The molecular weight excluding hydrogens is 73.0 g/mol. The molecule has 0 rings (SSSR count). The zero-order chi connectivity index (χ0) is 2.71. The van der Waals surface area contributed by atoms with E-state index in [1.807, 2.05) is 0 Å². The molecule has 0 atom stereocenters. The first kappa shape index (κ1) is 8.83. The monoisotopic (exact) mass is 76.0 g/mol. The standard InChI is InChI=1S/Al.H3NO2/c;1-3-2/h;2H,1H2/q+3;. The van der Waals surface area contributed by atoms with Crippen LogP contribution in [0.5, 0.6) is 0 Å².